The van der Waals surface area contributed by atoms with Crippen LogP contribution in [0.1, 0.15) is 46.5 Å². The highest BCUT2D eigenvalue weighted by atomic mass is 16.1. The number of unbranched alkanes of at least 4 members (excludes halogenated alkanes) is 1. The Morgan fingerprint density at radius 3 is 2.23 bits per heavy atom. The van der Waals surface area contributed by atoms with Crippen molar-refractivity contribution >= 4 is 6.29 Å². The van der Waals surface area contributed by atoms with Gasteiger partial charge in [-0.1, -0.05) is 23.3 Å². The SMILES string of the molecule is CC(C)=CCCC(C)=CCCC=O. The number of carbonyl (C=O) groups is 1. The van der Waals surface area contributed by atoms with Gasteiger partial charge in [-0.05, 0) is 40.0 Å². The topological polar surface area (TPSA) is 17.1 Å². The molecule has 0 aromatic rings. The maximum atomic E-state index is 10.1. The molecule has 1 nitrogen and oxygen atoms in total. The van der Waals surface area contributed by atoms with E-state index in [0.29, 0.717) is 6.42 Å². The first kappa shape index (κ1) is 12.2. The fourth-order valence-corrected chi connectivity index (χ4v) is 1.09. The third kappa shape index (κ3) is 9.06. The van der Waals surface area contributed by atoms with E-state index in [2.05, 4.69) is 32.9 Å². The number of hydrogen-bond acceptors (Lipinski definition) is 1. The van der Waals surface area contributed by atoms with Crippen LogP contribution in [0.3, 0.4) is 0 Å². The molecule has 0 atom stereocenters. The van der Waals surface area contributed by atoms with Crippen LogP contribution in [0, 0.1) is 0 Å². The van der Waals surface area contributed by atoms with Gasteiger partial charge >= 0.3 is 0 Å². The van der Waals surface area contributed by atoms with Crippen LogP contribution in [0.25, 0.3) is 0 Å². The minimum atomic E-state index is 0.653. The molecule has 0 heterocycles. The Morgan fingerprint density at radius 2 is 1.69 bits per heavy atom. The molecule has 0 bridgehead atoms. The summed E-state index contributed by atoms with van der Waals surface area (Å²) >= 11 is 0. The molecule has 0 unspecified atom stereocenters. The van der Waals surface area contributed by atoms with Gasteiger partial charge in [0, 0.05) is 6.42 Å². The summed E-state index contributed by atoms with van der Waals surface area (Å²) in [6, 6.07) is 0. The van der Waals surface area contributed by atoms with E-state index in [1.54, 1.807) is 0 Å². The first-order valence-corrected chi connectivity index (χ1v) is 4.89. The van der Waals surface area contributed by atoms with Crippen molar-refractivity contribution in [3.05, 3.63) is 23.3 Å². The predicted molar refractivity (Wildman–Crippen MR) is 57.7 cm³/mol. The summed E-state index contributed by atoms with van der Waals surface area (Å²) in [4.78, 5) is 10.1. The van der Waals surface area contributed by atoms with E-state index in [-0.39, 0.29) is 0 Å². The summed E-state index contributed by atoms with van der Waals surface area (Å²) in [5, 5.41) is 0. The van der Waals surface area contributed by atoms with Crippen LogP contribution < -0.4 is 0 Å². The van der Waals surface area contributed by atoms with E-state index in [1.807, 2.05) is 0 Å². The number of allylic oxidation sites excluding steroid dienone is 4. The van der Waals surface area contributed by atoms with Crippen molar-refractivity contribution in [2.75, 3.05) is 0 Å². The molecule has 0 fully saturated rings. The lowest BCUT2D eigenvalue weighted by Crippen LogP contribution is -1.79. The Balaban J connectivity index is 3.60. The normalized spacial score (nSPS) is 11.2. The van der Waals surface area contributed by atoms with Gasteiger partial charge in [0.2, 0.25) is 0 Å². The molecule has 0 aliphatic rings. The Hall–Kier alpha value is -0.850. The molecule has 0 aromatic carbocycles. The largest absolute Gasteiger partial charge is 0.303 e. The van der Waals surface area contributed by atoms with Gasteiger partial charge in [-0.25, -0.2) is 0 Å². The second kappa shape index (κ2) is 7.78. The van der Waals surface area contributed by atoms with Gasteiger partial charge in [0.25, 0.3) is 0 Å². The molecule has 0 aromatic heterocycles. The third-order valence-electron chi connectivity index (χ3n) is 1.87. The summed E-state index contributed by atoms with van der Waals surface area (Å²) in [5.74, 6) is 0. The molecular weight excluding hydrogens is 160 g/mol. The molecule has 0 saturated heterocycles. The van der Waals surface area contributed by atoms with Gasteiger partial charge in [0.1, 0.15) is 6.29 Å². The fourth-order valence-electron chi connectivity index (χ4n) is 1.09. The highest BCUT2D eigenvalue weighted by Crippen LogP contribution is 2.07. The molecule has 0 N–H and O–H groups in total. The van der Waals surface area contributed by atoms with E-state index in [0.717, 1.165) is 25.5 Å². The predicted octanol–water partition coefficient (Wildman–Crippen LogP) is 3.66. The molecule has 13 heavy (non-hydrogen) atoms. The van der Waals surface area contributed by atoms with Crippen molar-refractivity contribution in [3.63, 3.8) is 0 Å². The van der Waals surface area contributed by atoms with Gasteiger partial charge in [0.05, 0.1) is 0 Å². The molecule has 0 radical (unpaired) electrons. The molecule has 1 heteroatoms. The fraction of sp³-hybridized carbons (Fsp3) is 0.583. The van der Waals surface area contributed by atoms with E-state index in [4.69, 9.17) is 0 Å². The molecular formula is C12H20O. The molecule has 0 saturated carbocycles. The van der Waals surface area contributed by atoms with Gasteiger partial charge < -0.3 is 4.79 Å². The summed E-state index contributed by atoms with van der Waals surface area (Å²) in [5.41, 5.74) is 2.76. The highest BCUT2D eigenvalue weighted by Gasteiger charge is 1.88. The lowest BCUT2D eigenvalue weighted by Gasteiger charge is -1.97. The maximum absolute atomic E-state index is 10.1. The van der Waals surface area contributed by atoms with Crippen molar-refractivity contribution in [1.82, 2.24) is 0 Å². The van der Waals surface area contributed by atoms with Gasteiger partial charge in [-0.3, -0.25) is 0 Å². The maximum Gasteiger partial charge on any atom is 0.120 e. The molecule has 0 spiro atoms. The number of carbonyl (C=O) groups excluding carboxylic acids is 1. The molecule has 0 amide bonds. The molecule has 0 rings (SSSR count). The number of rotatable bonds is 6. The van der Waals surface area contributed by atoms with Gasteiger partial charge in [-0.15, -0.1) is 0 Å². The van der Waals surface area contributed by atoms with Gasteiger partial charge in [-0.2, -0.15) is 0 Å². The van der Waals surface area contributed by atoms with Crippen molar-refractivity contribution in [2.45, 2.75) is 46.5 Å². The zero-order valence-electron chi connectivity index (χ0n) is 8.97. The van der Waals surface area contributed by atoms with Gasteiger partial charge in [0.15, 0.2) is 0 Å². The smallest absolute Gasteiger partial charge is 0.120 e. The van der Waals surface area contributed by atoms with Crippen LogP contribution in [0.15, 0.2) is 23.3 Å². The standard InChI is InChI=1S/C12H20O/c1-11(2)7-6-9-12(3)8-4-5-10-13/h7-8,10H,4-6,9H2,1-3H3. The minimum absolute atomic E-state index is 0.653. The van der Waals surface area contributed by atoms with Crippen LogP contribution in [-0.2, 0) is 4.79 Å². The summed E-state index contributed by atoms with van der Waals surface area (Å²) < 4.78 is 0. The van der Waals surface area contributed by atoms with Crippen LogP contribution in [-0.4, -0.2) is 6.29 Å². The Labute approximate surface area is 81.5 Å². The second-order valence-corrected chi connectivity index (χ2v) is 3.61. The van der Waals surface area contributed by atoms with Crippen molar-refractivity contribution in [2.24, 2.45) is 0 Å². The van der Waals surface area contributed by atoms with E-state index < -0.39 is 0 Å². The van der Waals surface area contributed by atoms with Crippen molar-refractivity contribution in [1.29, 1.82) is 0 Å². The first-order valence-electron chi connectivity index (χ1n) is 4.89. The average molecular weight is 180 g/mol. The summed E-state index contributed by atoms with van der Waals surface area (Å²) in [6.07, 6.45) is 9.16. The zero-order valence-corrected chi connectivity index (χ0v) is 8.97. The lowest BCUT2D eigenvalue weighted by atomic mass is 10.1. The average Bonchev–Trinajstić information content (AvgIpc) is 2.04. The number of hydrogen-bond donors (Lipinski definition) is 0. The highest BCUT2D eigenvalue weighted by molar-refractivity contribution is 5.49. The Morgan fingerprint density at radius 1 is 1.00 bits per heavy atom. The van der Waals surface area contributed by atoms with Crippen LogP contribution in [0.2, 0.25) is 0 Å². The van der Waals surface area contributed by atoms with E-state index in [1.165, 1.54) is 11.1 Å². The van der Waals surface area contributed by atoms with E-state index in [9.17, 15) is 4.79 Å². The summed E-state index contributed by atoms with van der Waals surface area (Å²) in [7, 11) is 0. The first-order chi connectivity index (χ1) is 6.16. The molecule has 0 aliphatic carbocycles. The Kier molecular flexibility index (Phi) is 7.27. The monoisotopic (exact) mass is 180 g/mol. The molecule has 74 valence electrons. The quantitative estimate of drug-likeness (QED) is 0.346. The minimum Gasteiger partial charge on any atom is -0.303 e. The number of aldehydes is 1. The Bertz CT molecular complexity index is 195. The van der Waals surface area contributed by atoms with Crippen molar-refractivity contribution in [3.8, 4) is 0 Å². The summed E-state index contributed by atoms with van der Waals surface area (Å²) in [6.45, 7) is 6.36. The second-order valence-electron chi connectivity index (χ2n) is 3.61. The van der Waals surface area contributed by atoms with Crippen LogP contribution in [0.4, 0.5) is 0 Å². The van der Waals surface area contributed by atoms with Crippen LogP contribution >= 0.6 is 0 Å². The lowest BCUT2D eigenvalue weighted by molar-refractivity contribution is -0.107. The van der Waals surface area contributed by atoms with E-state index >= 15 is 0 Å². The molecule has 0 aliphatic heterocycles. The van der Waals surface area contributed by atoms with Crippen LogP contribution in [0.5, 0.6) is 0 Å². The third-order valence-corrected chi connectivity index (χ3v) is 1.87. The zero-order chi connectivity index (χ0) is 10.1. The van der Waals surface area contributed by atoms with Crippen molar-refractivity contribution < 1.29 is 4.79 Å².